The molecule has 0 atom stereocenters. The van der Waals surface area contributed by atoms with Crippen LogP contribution in [0.15, 0.2) is 47.5 Å². The molecule has 176 valence electrons. The zero-order chi connectivity index (χ0) is 21.5. The summed E-state index contributed by atoms with van der Waals surface area (Å²) in [5, 5.41) is 0. The van der Waals surface area contributed by atoms with Gasteiger partial charge in [0, 0.05) is 19.5 Å². The molecule has 8 heteroatoms. The van der Waals surface area contributed by atoms with Crippen LogP contribution in [0.5, 0.6) is 5.75 Å². The Kier molecular flexibility index (Phi) is 11.5. The molecular formula is C24H35Cl2N5O. The Balaban J connectivity index is 0.00000256. The van der Waals surface area contributed by atoms with Crippen LogP contribution in [0.1, 0.15) is 39.1 Å². The smallest absolute Gasteiger partial charge is 0.119 e. The number of aromatic nitrogens is 2. The van der Waals surface area contributed by atoms with Gasteiger partial charge in [-0.2, -0.15) is 0 Å². The third-order valence-corrected chi connectivity index (χ3v) is 5.25. The van der Waals surface area contributed by atoms with Gasteiger partial charge in [-0.25, -0.2) is 9.98 Å². The summed E-state index contributed by atoms with van der Waals surface area (Å²) >= 11 is 0. The van der Waals surface area contributed by atoms with Gasteiger partial charge in [0.2, 0.25) is 0 Å². The normalized spacial score (nSPS) is 11.3. The van der Waals surface area contributed by atoms with Gasteiger partial charge in [0.25, 0.3) is 0 Å². The third kappa shape index (κ3) is 7.12. The molecule has 1 heterocycles. The fraction of sp³-hybridized carbons (Fsp3) is 0.417. The molecule has 0 radical (unpaired) electrons. The highest BCUT2D eigenvalue weighted by atomic mass is 35.5. The Morgan fingerprint density at radius 3 is 2.34 bits per heavy atom. The number of halogens is 2. The van der Waals surface area contributed by atoms with Gasteiger partial charge < -0.3 is 19.9 Å². The number of hydrogen-bond donors (Lipinski definition) is 1. The van der Waals surface area contributed by atoms with E-state index in [9.17, 15) is 0 Å². The number of aliphatic imine (C=N–C) groups is 1. The number of rotatable bonds is 10. The molecule has 0 amide bonds. The maximum atomic E-state index is 5.76. The molecule has 1 aromatic heterocycles. The largest absolute Gasteiger partial charge is 0.494 e. The number of imidazole rings is 1. The highest BCUT2D eigenvalue weighted by Crippen LogP contribution is 2.24. The molecule has 2 N–H and O–H groups in total. The lowest BCUT2D eigenvalue weighted by Crippen LogP contribution is -2.27. The van der Waals surface area contributed by atoms with Crippen molar-refractivity contribution in [3.8, 4) is 5.75 Å². The first kappa shape index (κ1) is 27.8. The zero-order valence-corrected chi connectivity index (χ0v) is 21.0. The standard InChI is InChI=1S/C24H33N5O.2ClH/c1-5-28(6-2)14-15-29-23-13-10-20(26-18(4)25)17-22(23)27-24(29)16-19-8-11-21(12-9-19)30-7-3;;/h8-13,17H,5-7,14-16H2,1-4H3,(H2,25,26);2*1H. The van der Waals surface area contributed by atoms with Crippen LogP contribution in [-0.4, -0.2) is 46.5 Å². The maximum absolute atomic E-state index is 5.76. The Morgan fingerprint density at radius 2 is 1.75 bits per heavy atom. The van der Waals surface area contributed by atoms with E-state index in [0.29, 0.717) is 12.4 Å². The van der Waals surface area contributed by atoms with E-state index in [0.717, 1.165) is 60.9 Å². The molecule has 0 spiro atoms. The summed E-state index contributed by atoms with van der Waals surface area (Å²) in [6.45, 7) is 12.9. The topological polar surface area (TPSA) is 68.7 Å². The molecule has 0 bridgehead atoms. The highest BCUT2D eigenvalue weighted by Gasteiger charge is 2.13. The van der Waals surface area contributed by atoms with Crippen molar-refractivity contribution in [3.63, 3.8) is 0 Å². The van der Waals surface area contributed by atoms with E-state index in [1.54, 1.807) is 6.92 Å². The summed E-state index contributed by atoms with van der Waals surface area (Å²) in [4.78, 5) is 11.8. The summed E-state index contributed by atoms with van der Waals surface area (Å²) in [6, 6.07) is 14.4. The second-order valence-corrected chi connectivity index (χ2v) is 7.39. The average Bonchev–Trinajstić information content (AvgIpc) is 3.06. The summed E-state index contributed by atoms with van der Waals surface area (Å²) in [5.41, 5.74) is 9.91. The van der Waals surface area contributed by atoms with Crippen LogP contribution in [0, 0.1) is 0 Å². The van der Waals surface area contributed by atoms with Crippen molar-refractivity contribution in [1.29, 1.82) is 0 Å². The third-order valence-electron chi connectivity index (χ3n) is 5.25. The second-order valence-electron chi connectivity index (χ2n) is 7.39. The maximum Gasteiger partial charge on any atom is 0.119 e. The first-order chi connectivity index (χ1) is 14.5. The number of amidine groups is 1. The predicted molar refractivity (Wildman–Crippen MR) is 139 cm³/mol. The summed E-state index contributed by atoms with van der Waals surface area (Å²) < 4.78 is 7.91. The number of nitrogens with two attached hydrogens (primary N) is 1. The van der Waals surface area contributed by atoms with Gasteiger partial charge in [-0.1, -0.05) is 26.0 Å². The minimum Gasteiger partial charge on any atom is -0.494 e. The number of likely N-dealkylation sites (N-methyl/N-ethyl adjacent to an activating group) is 1. The summed E-state index contributed by atoms with van der Waals surface area (Å²) in [5.74, 6) is 2.51. The lowest BCUT2D eigenvalue weighted by molar-refractivity contribution is 0.291. The second kappa shape index (κ2) is 13.3. The van der Waals surface area contributed by atoms with Gasteiger partial charge >= 0.3 is 0 Å². The number of fused-ring (bicyclic) bond motifs is 1. The molecule has 3 rings (SSSR count). The van der Waals surface area contributed by atoms with Crippen LogP contribution in [0.3, 0.4) is 0 Å². The number of ether oxygens (including phenoxy) is 1. The van der Waals surface area contributed by atoms with Gasteiger partial charge in [-0.05, 0) is 62.8 Å². The van der Waals surface area contributed by atoms with Crippen molar-refractivity contribution in [2.45, 2.75) is 40.7 Å². The van der Waals surface area contributed by atoms with Crippen molar-refractivity contribution in [1.82, 2.24) is 14.5 Å². The van der Waals surface area contributed by atoms with Crippen molar-refractivity contribution in [2.75, 3.05) is 26.2 Å². The van der Waals surface area contributed by atoms with Gasteiger partial charge in [0.1, 0.15) is 11.6 Å². The van der Waals surface area contributed by atoms with E-state index >= 15 is 0 Å². The van der Waals surface area contributed by atoms with E-state index < -0.39 is 0 Å². The summed E-state index contributed by atoms with van der Waals surface area (Å²) in [6.07, 6.45) is 0.772. The van der Waals surface area contributed by atoms with E-state index in [-0.39, 0.29) is 24.8 Å². The van der Waals surface area contributed by atoms with Crippen molar-refractivity contribution >= 4 is 47.4 Å². The van der Waals surface area contributed by atoms with Gasteiger partial charge in [-0.3, -0.25) is 0 Å². The molecule has 6 nitrogen and oxygen atoms in total. The fourth-order valence-corrected chi connectivity index (χ4v) is 3.66. The van der Waals surface area contributed by atoms with Crippen LogP contribution in [0.2, 0.25) is 0 Å². The predicted octanol–water partition coefficient (Wildman–Crippen LogP) is 5.22. The SMILES string of the molecule is CCOc1ccc(Cc2nc3cc(N=C(C)N)ccc3n2CCN(CC)CC)cc1.Cl.Cl. The van der Waals surface area contributed by atoms with E-state index in [1.165, 1.54) is 5.56 Å². The number of hydrogen-bond acceptors (Lipinski definition) is 4. The molecule has 0 saturated heterocycles. The first-order valence-corrected chi connectivity index (χ1v) is 10.8. The average molecular weight is 480 g/mol. The minimum atomic E-state index is 0. The lowest BCUT2D eigenvalue weighted by atomic mass is 10.1. The zero-order valence-electron chi connectivity index (χ0n) is 19.4. The fourth-order valence-electron chi connectivity index (χ4n) is 3.66. The molecule has 3 aromatic rings. The van der Waals surface area contributed by atoms with E-state index in [4.69, 9.17) is 15.5 Å². The molecule has 2 aromatic carbocycles. The Bertz CT molecular complexity index is 994. The highest BCUT2D eigenvalue weighted by molar-refractivity contribution is 5.86. The Labute approximate surface area is 203 Å². The molecular weight excluding hydrogens is 445 g/mol. The molecule has 0 saturated carbocycles. The summed E-state index contributed by atoms with van der Waals surface area (Å²) in [7, 11) is 0. The van der Waals surface area contributed by atoms with Crippen molar-refractivity contribution in [3.05, 3.63) is 53.9 Å². The Hall–Kier alpha value is -2.28. The minimum absolute atomic E-state index is 0. The number of benzene rings is 2. The molecule has 0 aliphatic rings. The van der Waals surface area contributed by atoms with Gasteiger partial charge in [0.05, 0.1) is 29.2 Å². The van der Waals surface area contributed by atoms with Crippen LogP contribution in [0.25, 0.3) is 11.0 Å². The van der Waals surface area contributed by atoms with Crippen LogP contribution >= 0.6 is 24.8 Å². The van der Waals surface area contributed by atoms with Crippen LogP contribution in [-0.2, 0) is 13.0 Å². The van der Waals surface area contributed by atoms with Crippen molar-refractivity contribution < 1.29 is 4.74 Å². The monoisotopic (exact) mass is 479 g/mol. The molecule has 0 unspecified atom stereocenters. The quantitative estimate of drug-likeness (QED) is 0.319. The van der Waals surface area contributed by atoms with E-state index in [2.05, 4.69) is 46.5 Å². The van der Waals surface area contributed by atoms with Crippen LogP contribution < -0.4 is 10.5 Å². The van der Waals surface area contributed by atoms with Gasteiger partial charge in [-0.15, -0.1) is 24.8 Å². The van der Waals surface area contributed by atoms with Crippen LogP contribution in [0.4, 0.5) is 5.69 Å². The molecule has 0 aliphatic carbocycles. The first-order valence-electron chi connectivity index (χ1n) is 10.8. The van der Waals surface area contributed by atoms with E-state index in [1.807, 2.05) is 31.2 Å². The molecule has 0 fully saturated rings. The van der Waals surface area contributed by atoms with Gasteiger partial charge in [0.15, 0.2) is 0 Å². The van der Waals surface area contributed by atoms with Crippen molar-refractivity contribution in [2.24, 2.45) is 10.7 Å². The molecule has 0 aliphatic heterocycles. The lowest BCUT2D eigenvalue weighted by Gasteiger charge is -2.19. The number of nitrogens with zero attached hydrogens (tertiary/aromatic N) is 4. The Morgan fingerprint density at radius 1 is 1.06 bits per heavy atom. The molecule has 32 heavy (non-hydrogen) atoms.